The number of Topliss-reactive ketones (excluding diaryl/α,β-unsaturated/α-hetero) is 4. The van der Waals surface area contributed by atoms with Gasteiger partial charge in [-0.05, 0) is 37.7 Å². The van der Waals surface area contributed by atoms with Crippen molar-refractivity contribution in [3.63, 3.8) is 0 Å². The van der Waals surface area contributed by atoms with Gasteiger partial charge < -0.3 is 21.1 Å². The quantitative estimate of drug-likeness (QED) is 0.305. The van der Waals surface area contributed by atoms with Gasteiger partial charge in [-0.3, -0.25) is 28.9 Å². The van der Waals surface area contributed by atoms with Crippen LogP contribution in [-0.2, 0) is 19.2 Å². The molecule has 0 bridgehead atoms. The van der Waals surface area contributed by atoms with Crippen LogP contribution in [0.4, 0.5) is 0 Å². The Hall–Kier alpha value is -3.65. The summed E-state index contributed by atoms with van der Waals surface area (Å²) in [5.74, 6) is -11.3. The van der Waals surface area contributed by atoms with Gasteiger partial charge >= 0.3 is 0 Å². The Morgan fingerprint density at radius 2 is 1.83 bits per heavy atom. The van der Waals surface area contributed by atoms with Crippen LogP contribution in [0.1, 0.15) is 34.3 Å². The molecule has 2 fully saturated rings. The van der Waals surface area contributed by atoms with Gasteiger partial charge in [0.15, 0.2) is 34.7 Å². The zero-order valence-corrected chi connectivity index (χ0v) is 19.8. The number of nitrogens with two attached hydrogens (primary N) is 1. The van der Waals surface area contributed by atoms with Crippen LogP contribution in [-0.4, -0.2) is 81.1 Å². The summed E-state index contributed by atoms with van der Waals surface area (Å²) in [5.41, 5.74) is 2.66. The smallest absolute Gasteiger partial charge is 0.235 e. The number of ketones is 4. The monoisotopic (exact) mass is 494 g/mol. The molecule has 10 nitrogen and oxygen atoms in total. The topological polar surface area (TPSA) is 175 Å². The molecule has 2 unspecified atom stereocenters. The van der Waals surface area contributed by atoms with E-state index in [1.165, 1.54) is 37.2 Å². The number of aromatic hydroxyl groups is 1. The molecule has 1 amide bonds. The van der Waals surface area contributed by atoms with E-state index in [4.69, 9.17) is 12.2 Å². The van der Waals surface area contributed by atoms with Crippen molar-refractivity contribution in [2.45, 2.75) is 30.6 Å². The highest BCUT2D eigenvalue weighted by atomic mass is 16.3. The first-order chi connectivity index (χ1) is 16.8. The second kappa shape index (κ2) is 8.48. The molecule has 36 heavy (non-hydrogen) atoms. The molecule has 0 aliphatic heterocycles. The van der Waals surface area contributed by atoms with E-state index in [2.05, 4.69) is 5.92 Å². The molecule has 8 atom stereocenters. The number of primary amides is 1. The second-order valence-electron chi connectivity index (χ2n) is 9.83. The van der Waals surface area contributed by atoms with E-state index in [0.717, 1.165) is 0 Å². The Balaban J connectivity index is 1.95. The van der Waals surface area contributed by atoms with Gasteiger partial charge in [0.05, 0.1) is 29.5 Å². The van der Waals surface area contributed by atoms with E-state index in [1.54, 1.807) is 13.0 Å². The molecule has 188 valence electrons. The number of nitrogens with zero attached hydrogens (tertiary/aromatic N) is 1. The number of benzene rings is 1. The van der Waals surface area contributed by atoms with Crippen LogP contribution in [0.5, 0.6) is 5.75 Å². The fourth-order valence-electron chi connectivity index (χ4n) is 6.28. The lowest BCUT2D eigenvalue weighted by molar-refractivity contribution is -0.196. The van der Waals surface area contributed by atoms with Crippen molar-refractivity contribution in [3.8, 4) is 18.1 Å². The first kappa shape index (κ1) is 25.4. The molecule has 0 aromatic heterocycles. The number of hydrogen-bond donors (Lipinski definition) is 4. The number of allylic oxidation sites excluding steroid dienone is 1. The largest absolute Gasteiger partial charge is 0.507 e. The van der Waals surface area contributed by atoms with Crippen molar-refractivity contribution in [2.75, 3.05) is 14.1 Å². The van der Waals surface area contributed by atoms with Crippen LogP contribution in [0.25, 0.3) is 6.08 Å². The highest BCUT2D eigenvalue weighted by Crippen LogP contribution is 2.54. The van der Waals surface area contributed by atoms with Crippen molar-refractivity contribution in [1.82, 2.24) is 4.90 Å². The SMILES string of the molecule is C#CC=Cc1ccc2c(c1O)C(=O)C1C(=O)[C@@]3(O)C(=O)C(C(N)=O)C(=O)[C@H](N(C)C)[C@H]3[C@H](O)[C@H]1[C@@H]2C. The molecule has 3 aliphatic rings. The van der Waals surface area contributed by atoms with Crippen LogP contribution in [0.2, 0.25) is 0 Å². The Morgan fingerprint density at radius 1 is 1.19 bits per heavy atom. The maximum absolute atomic E-state index is 13.8. The molecule has 2 saturated carbocycles. The van der Waals surface area contributed by atoms with Gasteiger partial charge in [0.2, 0.25) is 5.91 Å². The summed E-state index contributed by atoms with van der Waals surface area (Å²) < 4.78 is 0. The van der Waals surface area contributed by atoms with Crippen molar-refractivity contribution >= 4 is 35.1 Å². The number of amides is 1. The van der Waals surface area contributed by atoms with Crippen molar-refractivity contribution < 1.29 is 39.3 Å². The third-order valence-electron chi connectivity index (χ3n) is 7.88. The predicted octanol–water partition coefficient (Wildman–Crippen LogP) is -0.955. The maximum Gasteiger partial charge on any atom is 0.235 e. The van der Waals surface area contributed by atoms with E-state index in [0.29, 0.717) is 5.56 Å². The number of hydrogen-bond acceptors (Lipinski definition) is 9. The Morgan fingerprint density at radius 3 is 2.39 bits per heavy atom. The number of terminal acetylenes is 1. The summed E-state index contributed by atoms with van der Waals surface area (Å²) in [4.78, 5) is 67.3. The highest BCUT2D eigenvalue weighted by Gasteiger charge is 2.72. The van der Waals surface area contributed by atoms with Gasteiger partial charge in [-0.1, -0.05) is 25.0 Å². The molecule has 1 aromatic rings. The van der Waals surface area contributed by atoms with Crippen molar-refractivity contribution in [3.05, 3.63) is 34.9 Å². The average molecular weight is 495 g/mol. The molecule has 10 heteroatoms. The second-order valence-corrected chi connectivity index (χ2v) is 9.83. The van der Waals surface area contributed by atoms with Crippen LogP contribution < -0.4 is 5.73 Å². The fraction of sp³-hybridized carbons (Fsp3) is 0.423. The number of likely N-dealkylation sites (N-methyl/N-ethyl adjacent to an activating group) is 1. The summed E-state index contributed by atoms with van der Waals surface area (Å²) >= 11 is 0. The lowest BCUT2D eigenvalue weighted by atomic mass is 9.49. The normalized spacial score (nSPS) is 35.9. The summed E-state index contributed by atoms with van der Waals surface area (Å²) in [7, 11) is 2.88. The number of phenols is 1. The van der Waals surface area contributed by atoms with Crippen LogP contribution in [0.3, 0.4) is 0 Å². The molecular formula is C26H26N2O8. The molecule has 0 saturated heterocycles. The third kappa shape index (κ3) is 3.13. The molecular weight excluding hydrogens is 468 g/mol. The van der Waals surface area contributed by atoms with E-state index in [9.17, 15) is 39.3 Å². The number of phenolic OH excluding ortho intramolecular Hbond substituents is 1. The highest BCUT2D eigenvalue weighted by molar-refractivity contribution is 6.32. The molecule has 5 N–H and O–H groups in total. The number of carbonyl (C=O) groups excluding carboxylic acids is 5. The first-order valence-corrected chi connectivity index (χ1v) is 11.3. The molecule has 3 aliphatic carbocycles. The molecule has 1 aromatic carbocycles. The summed E-state index contributed by atoms with van der Waals surface area (Å²) in [6, 6.07) is 1.71. The summed E-state index contributed by atoms with van der Waals surface area (Å²) in [5, 5.41) is 33.9. The van der Waals surface area contributed by atoms with E-state index in [1.807, 2.05) is 0 Å². The lowest BCUT2D eigenvalue weighted by Gasteiger charge is -2.56. The van der Waals surface area contributed by atoms with Crippen LogP contribution in [0, 0.1) is 36.0 Å². The van der Waals surface area contributed by atoms with Crippen molar-refractivity contribution in [2.24, 2.45) is 29.4 Å². The number of fused-ring (bicyclic) bond motifs is 3. The summed E-state index contributed by atoms with van der Waals surface area (Å²) in [6.45, 7) is 1.64. The van der Waals surface area contributed by atoms with E-state index < -0.39 is 82.1 Å². The van der Waals surface area contributed by atoms with Gasteiger partial charge in [-0.25, -0.2) is 0 Å². The van der Waals surface area contributed by atoms with Gasteiger partial charge in [-0.2, -0.15) is 0 Å². The minimum atomic E-state index is -3.02. The van der Waals surface area contributed by atoms with E-state index >= 15 is 0 Å². The van der Waals surface area contributed by atoms with Crippen molar-refractivity contribution in [1.29, 1.82) is 0 Å². The van der Waals surface area contributed by atoms with E-state index in [-0.39, 0.29) is 11.1 Å². The summed E-state index contributed by atoms with van der Waals surface area (Å²) in [6.07, 6.45) is 6.27. The van der Waals surface area contributed by atoms with Gasteiger partial charge in [0, 0.05) is 11.5 Å². The third-order valence-corrected chi connectivity index (χ3v) is 7.88. The number of carbonyl (C=O) groups is 5. The van der Waals surface area contributed by atoms with Gasteiger partial charge in [-0.15, -0.1) is 6.42 Å². The van der Waals surface area contributed by atoms with Gasteiger partial charge in [0.1, 0.15) is 5.75 Å². The predicted molar refractivity (Wildman–Crippen MR) is 125 cm³/mol. The Bertz CT molecular complexity index is 1290. The molecule has 0 spiro atoms. The Labute approximate surface area is 206 Å². The maximum atomic E-state index is 13.8. The molecule has 4 rings (SSSR count). The minimum absolute atomic E-state index is 0.180. The zero-order valence-electron chi connectivity index (χ0n) is 19.8. The Kier molecular flexibility index (Phi) is 5.99. The average Bonchev–Trinajstić information content (AvgIpc) is 2.80. The zero-order chi connectivity index (χ0) is 26.9. The van der Waals surface area contributed by atoms with Crippen LogP contribution >= 0.6 is 0 Å². The fourth-order valence-corrected chi connectivity index (χ4v) is 6.28. The number of rotatable bonds is 3. The van der Waals surface area contributed by atoms with Crippen LogP contribution in [0.15, 0.2) is 18.2 Å². The first-order valence-electron chi connectivity index (χ1n) is 11.3. The standard InChI is InChI=1S/C26H26N2O8/c1-5-6-7-11-8-9-12-10(2)13-15(20(30)14(12)19(11)29)23(33)26(36)17(21(13)31)18(28(3)4)22(32)16(24(26)34)25(27)35/h1,6-10,13,15-18,21,29,31,36H,2-4H3,(H2,27,35)/t10-,13+,15?,16?,17+,18-,21-,26-/m1/s1. The molecule has 0 heterocycles. The lowest BCUT2D eigenvalue weighted by Crippen LogP contribution is -2.77. The molecule has 0 radical (unpaired) electrons. The minimum Gasteiger partial charge on any atom is -0.507 e. The number of aliphatic hydroxyl groups excluding tert-OH is 1. The number of aliphatic hydroxyl groups is 2. The van der Waals surface area contributed by atoms with Gasteiger partial charge in [0.25, 0.3) is 0 Å².